The minimum Gasteiger partial charge on any atom is -0.308 e. The van der Waals surface area contributed by atoms with E-state index in [1.165, 1.54) is 29.1 Å². The highest BCUT2D eigenvalue weighted by molar-refractivity contribution is 5.93. The van der Waals surface area contributed by atoms with Gasteiger partial charge >= 0.3 is 0 Å². The average molecular weight is 366 g/mol. The van der Waals surface area contributed by atoms with Crippen LogP contribution in [0.25, 0.3) is 10.9 Å². The van der Waals surface area contributed by atoms with Gasteiger partial charge in [0.2, 0.25) is 5.91 Å². The first-order chi connectivity index (χ1) is 12.9. The number of non-ortho nitro benzene ring substituents is 1. The number of anilines is 1. The number of nitro groups is 1. The van der Waals surface area contributed by atoms with Gasteiger partial charge in [-0.05, 0) is 32.0 Å². The molecule has 0 aliphatic heterocycles. The number of nitrogens with zero attached hydrogens (tertiary/aromatic N) is 4. The Morgan fingerprint density at radius 1 is 1.22 bits per heavy atom. The highest BCUT2D eigenvalue weighted by Crippen LogP contribution is 2.18. The van der Waals surface area contributed by atoms with E-state index in [1.54, 1.807) is 4.90 Å². The molecule has 1 aromatic heterocycles. The average Bonchev–Trinajstić information content (AvgIpc) is 2.64. The largest absolute Gasteiger partial charge is 0.308 e. The Labute approximate surface area is 154 Å². The molecule has 0 N–H and O–H groups in total. The van der Waals surface area contributed by atoms with Crippen LogP contribution < -0.4 is 10.5 Å². The van der Waals surface area contributed by atoms with Crippen LogP contribution in [0.3, 0.4) is 0 Å². The SMILES string of the molecule is CC(C)N(C(=O)Cn1cnc2ccc([N+](=O)[O-])cc2c1=O)c1ccccc1. The molecule has 3 aromatic rings. The predicted molar refractivity (Wildman–Crippen MR) is 102 cm³/mol. The first kappa shape index (κ1) is 18.2. The Kier molecular flexibility index (Phi) is 4.98. The summed E-state index contributed by atoms with van der Waals surface area (Å²) in [7, 11) is 0. The van der Waals surface area contributed by atoms with Crippen molar-refractivity contribution in [3.63, 3.8) is 0 Å². The van der Waals surface area contributed by atoms with Crippen molar-refractivity contribution in [2.75, 3.05) is 4.90 Å². The first-order valence-electron chi connectivity index (χ1n) is 8.39. The number of fused-ring (bicyclic) bond motifs is 1. The van der Waals surface area contributed by atoms with E-state index < -0.39 is 10.5 Å². The molecule has 0 bridgehead atoms. The van der Waals surface area contributed by atoms with Crippen LogP contribution in [0.15, 0.2) is 59.7 Å². The molecule has 0 aliphatic carbocycles. The highest BCUT2D eigenvalue weighted by atomic mass is 16.6. The van der Waals surface area contributed by atoms with Crippen LogP contribution in [-0.2, 0) is 11.3 Å². The van der Waals surface area contributed by atoms with Crippen LogP contribution in [0.4, 0.5) is 11.4 Å². The first-order valence-corrected chi connectivity index (χ1v) is 8.39. The van der Waals surface area contributed by atoms with Gasteiger partial charge in [0.1, 0.15) is 6.54 Å². The Hall–Kier alpha value is -3.55. The Balaban J connectivity index is 1.97. The Morgan fingerprint density at radius 3 is 2.56 bits per heavy atom. The molecule has 8 nitrogen and oxygen atoms in total. The van der Waals surface area contributed by atoms with Crippen LogP contribution in [0.5, 0.6) is 0 Å². The number of aromatic nitrogens is 2. The minimum atomic E-state index is -0.572. The van der Waals surface area contributed by atoms with Gasteiger partial charge in [-0.2, -0.15) is 0 Å². The molecule has 138 valence electrons. The zero-order valence-corrected chi connectivity index (χ0v) is 14.9. The second-order valence-electron chi connectivity index (χ2n) is 6.33. The van der Waals surface area contributed by atoms with E-state index in [4.69, 9.17) is 0 Å². The molecular formula is C19H18N4O4. The van der Waals surface area contributed by atoms with E-state index in [0.29, 0.717) is 5.52 Å². The summed E-state index contributed by atoms with van der Waals surface area (Å²) in [5.74, 6) is -0.273. The fourth-order valence-electron chi connectivity index (χ4n) is 2.91. The zero-order chi connectivity index (χ0) is 19.6. The van der Waals surface area contributed by atoms with E-state index in [1.807, 2.05) is 44.2 Å². The van der Waals surface area contributed by atoms with Gasteiger partial charge in [-0.1, -0.05) is 18.2 Å². The summed E-state index contributed by atoms with van der Waals surface area (Å²) < 4.78 is 1.17. The van der Waals surface area contributed by atoms with Crippen molar-refractivity contribution in [1.82, 2.24) is 9.55 Å². The lowest BCUT2D eigenvalue weighted by molar-refractivity contribution is -0.384. The van der Waals surface area contributed by atoms with E-state index >= 15 is 0 Å². The lowest BCUT2D eigenvalue weighted by Crippen LogP contribution is -2.41. The third-order valence-corrected chi connectivity index (χ3v) is 4.14. The topological polar surface area (TPSA) is 98.3 Å². The monoisotopic (exact) mass is 366 g/mol. The van der Waals surface area contributed by atoms with Crippen molar-refractivity contribution < 1.29 is 9.72 Å². The number of para-hydroxylation sites is 1. The van der Waals surface area contributed by atoms with Crippen molar-refractivity contribution in [2.24, 2.45) is 0 Å². The fraction of sp³-hybridized carbons (Fsp3) is 0.211. The molecule has 0 fully saturated rings. The van der Waals surface area contributed by atoms with Gasteiger partial charge in [-0.15, -0.1) is 0 Å². The third kappa shape index (κ3) is 3.69. The molecule has 0 radical (unpaired) electrons. The maximum Gasteiger partial charge on any atom is 0.270 e. The van der Waals surface area contributed by atoms with Gasteiger partial charge in [-0.25, -0.2) is 4.98 Å². The molecule has 2 aromatic carbocycles. The van der Waals surface area contributed by atoms with E-state index in [-0.39, 0.29) is 29.6 Å². The van der Waals surface area contributed by atoms with E-state index in [2.05, 4.69) is 4.98 Å². The molecular weight excluding hydrogens is 348 g/mol. The molecule has 3 rings (SSSR count). The predicted octanol–water partition coefficient (Wildman–Crippen LogP) is 2.75. The molecule has 0 atom stereocenters. The highest BCUT2D eigenvalue weighted by Gasteiger charge is 2.20. The summed E-state index contributed by atoms with van der Waals surface area (Å²) in [4.78, 5) is 41.7. The molecule has 1 amide bonds. The zero-order valence-electron chi connectivity index (χ0n) is 14.9. The van der Waals surface area contributed by atoms with Gasteiger partial charge in [0.25, 0.3) is 11.2 Å². The molecule has 0 spiro atoms. The van der Waals surface area contributed by atoms with Crippen molar-refractivity contribution in [1.29, 1.82) is 0 Å². The van der Waals surface area contributed by atoms with Gasteiger partial charge < -0.3 is 4.90 Å². The lowest BCUT2D eigenvalue weighted by atomic mass is 10.2. The maximum absolute atomic E-state index is 12.8. The van der Waals surface area contributed by atoms with Crippen LogP contribution in [0.1, 0.15) is 13.8 Å². The van der Waals surface area contributed by atoms with Crippen LogP contribution >= 0.6 is 0 Å². The van der Waals surface area contributed by atoms with Crippen LogP contribution in [0, 0.1) is 10.1 Å². The smallest absolute Gasteiger partial charge is 0.270 e. The molecule has 8 heteroatoms. The molecule has 0 unspecified atom stereocenters. The summed E-state index contributed by atoms with van der Waals surface area (Å²) in [6, 6.07) is 13.0. The number of hydrogen-bond acceptors (Lipinski definition) is 5. The van der Waals surface area contributed by atoms with E-state index in [0.717, 1.165) is 5.69 Å². The number of hydrogen-bond donors (Lipinski definition) is 0. The Morgan fingerprint density at radius 2 is 1.93 bits per heavy atom. The van der Waals surface area contributed by atoms with E-state index in [9.17, 15) is 19.7 Å². The van der Waals surface area contributed by atoms with Gasteiger partial charge in [0.15, 0.2) is 0 Å². The molecule has 0 saturated carbocycles. The number of carbonyl (C=O) groups excluding carboxylic acids is 1. The summed E-state index contributed by atoms with van der Waals surface area (Å²) in [6.07, 6.45) is 1.29. The number of nitro benzene ring substituents is 1. The van der Waals surface area contributed by atoms with Crippen molar-refractivity contribution >= 4 is 28.2 Å². The summed E-state index contributed by atoms with van der Waals surface area (Å²) in [5.41, 5.74) is 0.389. The molecule has 1 heterocycles. The third-order valence-electron chi connectivity index (χ3n) is 4.14. The molecule has 0 aliphatic rings. The number of carbonyl (C=O) groups is 1. The minimum absolute atomic E-state index is 0.106. The van der Waals surface area contributed by atoms with Gasteiger partial charge in [-0.3, -0.25) is 24.3 Å². The van der Waals surface area contributed by atoms with Crippen molar-refractivity contribution in [3.8, 4) is 0 Å². The normalized spacial score (nSPS) is 10.9. The number of benzene rings is 2. The summed E-state index contributed by atoms with van der Waals surface area (Å²) >= 11 is 0. The maximum atomic E-state index is 12.8. The number of rotatable bonds is 5. The molecule has 0 saturated heterocycles. The lowest BCUT2D eigenvalue weighted by Gasteiger charge is -2.27. The summed E-state index contributed by atoms with van der Waals surface area (Å²) in [5, 5.41) is 11.1. The standard InChI is InChI=1S/C19H18N4O4/c1-13(2)22(14-6-4-3-5-7-14)18(24)11-21-12-20-17-9-8-15(23(26)27)10-16(17)19(21)25/h3-10,12-13H,11H2,1-2H3. The number of amides is 1. The quantitative estimate of drug-likeness (QED) is 0.511. The second-order valence-corrected chi connectivity index (χ2v) is 6.33. The summed E-state index contributed by atoms with van der Waals surface area (Å²) in [6.45, 7) is 3.56. The Bertz CT molecular complexity index is 1060. The van der Waals surface area contributed by atoms with Crippen LogP contribution in [-0.4, -0.2) is 26.4 Å². The fourth-order valence-corrected chi connectivity index (χ4v) is 2.91. The van der Waals surface area contributed by atoms with Crippen molar-refractivity contribution in [2.45, 2.75) is 26.4 Å². The van der Waals surface area contributed by atoms with Crippen LogP contribution in [0.2, 0.25) is 0 Å². The second kappa shape index (κ2) is 7.36. The van der Waals surface area contributed by atoms with Crippen molar-refractivity contribution in [3.05, 3.63) is 75.3 Å². The van der Waals surface area contributed by atoms with Gasteiger partial charge in [0.05, 0.1) is 22.2 Å². The molecule has 27 heavy (non-hydrogen) atoms. The van der Waals surface area contributed by atoms with Gasteiger partial charge in [0, 0.05) is 23.9 Å².